The molecular formula is C15H15BrN4O. The first kappa shape index (κ1) is 14.0. The number of aromatic nitrogens is 2. The topological polar surface area (TPSA) is 66.9 Å². The Hall–Kier alpha value is -1.95. The molecule has 21 heavy (non-hydrogen) atoms. The van der Waals surface area contributed by atoms with Crippen LogP contribution in [0, 0.1) is 0 Å². The van der Waals surface area contributed by atoms with Gasteiger partial charge in [0, 0.05) is 5.69 Å². The third-order valence-electron chi connectivity index (χ3n) is 3.46. The number of nitrogens with one attached hydrogen (secondary N) is 2. The molecule has 0 saturated carbocycles. The predicted molar refractivity (Wildman–Crippen MR) is 84.1 cm³/mol. The van der Waals surface area contributed by atoms with Gasteiger partial charge in [0.15, 0.2) is 0 Å². The zero-order valence-electron chi connectivity index (χ0n) is 11.4. The molecule has 3 rings (SSSR count). The van der Waals surface area contributed by atoms with E-state index in [1.807, 2.05) is 6.07 Å². The molecule has 0 saturated heterocycles. The normalized spacial score (nSPS) is 12.8. The molecule has 2 aromatic rings. The van der Waals surface area contributed by atoms with E-state index in [9.17, 15) is 4.79 Å². The maximum absolute atomic E-state index is 11.9. The van der Waals surface area contributed by atoms with Crippen molar-refractivity contribution >= 4 is 27.6 Å². The highest BCUT2D eigenvalue weighted by molar-refractivity contribution is 9.10. The summed E-state index contributed by atoms with van der Waals surface area (Å²) in [6.07, 6.45) is 6.67. The van der Waals surface area contributed by atoms with E-state index in [-0.39, 0.29) is 6.03 Å². The summed E-state index contributed by atoms with van der Waals surface area (Å²) in [7, 11) is 0. The van der Waals surface area contributed by atoms with E-state index in [0.29, 0.717) is 16.8 Å². The van der Waals surface area contributed by atoms with Gasteiger partial charge in [0.2, 0.25) is 0 Å². The average Bonchev–Trinajstić information content (AvgIpc) is 2.94. The predicted octanol–water partition coefficient (Wildman–Crippen LogP) is 3.05. The first-order chi connectivity index (χ1) is 10.2. The van der Waals surface area contributed by atoms with Crippen LogP contribution in [0.2, 0.25) is 0 Å². The number of amides is 2. The Morgan fingerprint density at radius 2 is 2.05 bits per heavy atom. The number of urea groups is 1. The number of nitrogens with zero attached hydrogens (tertiary/aromatic N) is 2. The zero-order chi connectivity index (χ0) is 14.7. The van der Waals surface area contributed by atoms with Crippen molar-refractivity contribution in [3.63, 3.8) is 0 Å². The smallest absolute Gasteiger partial charge is 0.319 e. The SMILES string of the molecule is O=C(NCc1cnc(Br)cn1)Nc1ccc2c(c1)CCC2. The molecule has 0 aliphatic heterocycles. The van der Waals surface area contributed by atoms with Crippen molar-refractivity contribution in [3.05, 3.63) is 52.0 Å². The molecule has 1 heterocycles. The van der Waals surface area contributed by atoms with Crippen LogP contribution in [0.15, 0.2) is 35.2 Å². The highest BCUT2D eigenvalue weighted by Crippen LogP contribution is 2.24. The van der Waals surface area contributed by atoms with E-state index in [0.717, 1.165) is 18.5 Å². The number of hydrogen-bond donors (Lipinski definition) is 2. The molecule has 1 aromatic heterocycles. The Labute approximate surface area is 131 Å². The Bertz CT molecular complexity index is 657. The zero-order valence-corrected chi connectivity index (χ0v) is 13.0. The highest BCUT2D eigenvalue weighted by atomic mass is 79.9. The fourth-order valence-corrected chi connectivity index (χ4v) is 2.63. The maximum Gasteiger partial charge on any atom is 0.319 e. The minimum absolute atomic E-state index is 0.238. The van der Waals surface area contributed by atoms with Crippen molar-refractivity contribution in [2.45, 2.75) is 25.8 Å². The molecule has 0 bridgehead atoms. The summed E-state index contributed by atoms with van der Waals surface area (Å²) in [5.74, 6) is 0. The number of rotatable bonds is 3. The molecule has 1 aliphatic carbocycles. The Morgan fingerprint density at radius 1 is 1.19 bits per heavy atom. The van der Waals surface area contributed by atoms with E-state index in [4.69, 9.17) is 0 Å². The molecule has 1 aromatic carbocycles. The molecule has 2 amide bonds. The van der Waals surface area contributed by atoms with Gasteiger partial charge in [0.1, 0.15) is 4.60 Å². The van der Waals surface area contributed by atoms with E-state index in [1.165, 1.54) is 17.5 Å². The van der Waals surface area contributed by atoms with Crippen molar-refractivity contribution in [3.8, 4) is 0 Å². The Morgan fingerprint density at radius 3 is 2.86 bits per heavy atom. The number of carbonyl (C=O) groups excluding carboxylic acids is 1. The third kappa shape index (κ3) is 3.58. The lowest BCUT2D eigenvalue weighted by Gasteiger charge is -2.09. The van der Waals surface area contributed by atoms with Crippen LogP contribution in [0.25, 0.3) is 0 Å². The number of anilines is 1. The Balaban J connectivity index is 1.55. The van der Waals surface area contributed by atoms with Gasteiger partial charge >= 0.3 is 6.03 Å². The maximum atomic E-state index is 11.9. The molecule has 0 radical (unpaired) electrons. The Kier molecular flexibility index (Phi) is 4.15. The van der Waals surface area contributed by atoms with Gasteiger partial charge in [-0.2, -0.15) is 0 Å². The lowest BCUT2D eigenvalue weighted by Crippen LogP contribution is -2.28. The minimum Gasteiger partial charge on any atom is -0.332 e. The fourth-order valence-electron chi connectivity index (χ4n) is 2.43. The van der Waals surface area contributed by atoms with Crippen LogP contribution in [0.4, 0.5) is 10.5 Å². The number of fused-ring (bicyclic) bond motifs is 1. The summed E-state index contributed by atoms with van der Waals surface area (Å²) in [6.45, 7) is 0.344. The number of benzene rings is 1. The number of aryl methyl sites for hydroxylation is 2. The lowest BCUT2D eigenvalue weighted by molar-refractivity contribution is 0.251. The second kappa shape index (κ2) is 6.22. The summed E-state index contributed by atoms with van der Waals surface area (Å²) < 4.78 is 0.675. The van der Waals surface area contributed by atoms with Gasteiger partial charge in [-0.25, -0.2) is 9.78 Å². The van der Waals surface area contributed by atoms with Crippen LogP contribution < -0.4 is 10.6 Å². The van der Waals surface area contributed by atoms with Crippen molar-refractivity contribution in [2.24, 2.45) is 0 Å². The minimum atomic E-state index is -0.238. The van der Waals surface area contributed by atoms with Gasteiger partial charge in [-0.15, -0.1) is 0 Å². The third-order valence-corrected chi connectivity index (χ3v) is 3.87. The van der Waals surface area contributed by atoms with Crippen LogP contribution in [0.5, 0.6) is 0 Å². The first-order valence-corrected chi connectivity index (χ1v) is 7.63. The molecule has 0 fully saturated rings. The lowest BCUT2D eigenvalue weighted by atomic mass is 10.1. The summed E-state index contributed by atoms with van der Waals surface area (Å²) in [5.41, 5.74) is 4.27. The largest absolute Gasteiger partial charge is 0.332 e. The van der Waals surface area contributed by atoms with E-state index in [2.05, 4.69) is 48.7 Å². The van der Waals surface area contributed by atoms with Crippen LogP contribution in [0.3, 0.4) is 0 Å². The van der Waals surface area contributed by atoms with Crippen LogP contribution >= 0.6 is 15.9 Å². The van der Waals surface area contributed by atoms with Crippen LogP contribution in [-0.4, -0.2) is 16.0 Å². The summed E-state index contributed by atoms with van der Waals surface area (Å²) in [6, 6.07) is 5.86. The highest BCUT2D eigenvalue weighted by Gasteiger charge is 2.11. The molecule has 108 valence electrons. The van der Waals surface area contributed by atoms with Gasteiger partial charge in [-0.3, -0.25) is 4.98 Å². The summed E-state index contributed by atoms with van der Waals surface area (Å²) in [5, 5.41) is 5.61. The monoisotopic (exact) mass is 346 g/mol. The quantitative estimate of drug-likeness (QED) is 0.897. The summed E-state index contributed by atoms with van der Waals surface area (Å²) in [4.78, 5) is 20.1. The van der Waals surface area contributed by atoms with E-state index in [1.54, 1.807) is 12.4 Å². The van der Waals surface area contributed by atoms with Crippen molar-refractivity contribution < 1.29 is 4.79 Å². The van der Waals surface area contributed by atoms with Crippen molar-refractivity contribution in [1.82, 2.24) is 15.3 Å². The standard InChI is InChI=1S/C15H15BrN4O/c16-14-9-17-13(7-18-14)8-19-15(21)20-12-5-4-10-2-1-3-11(10)6-12/h4-7,9H,1-3,8H2,(H2,19,20,21). The van der Waals surface area contributed by atoms with E-state index >= 15 is 0 Å². The molecule has 0 spiro atoms. The first-order valence-electron chi connectivity index (χ1n) is 6.84. The molecule has 0 unspecified atom stereocenters. The van der Waals surface area contributed by atoms with Gasteiger partial charge in [-0.05, 0) is 58.5 Å². The number of hydrogen-bond acceptors (Lipinski definition) is 3. The number of carbonyl (C=O) groups is 1. The van der Waals surface area contributed by atoms with Gasteiger partial charge < -0.3 is 10.6 Å². The average molecular weight is 347 g/mol. The molecule has 0 atom stereocenters. The van der Waals surface area contributed by atoms with Crippen LogP contribution in [-0.2, 0) is 19.4 Å². The summed E-state index contributed by atoms with van der Waals surface area (Å²) >= 11 is 3.22. The van der Waals surface area contributed by atoms with Gasteiger partial charge in [0.05, 0.1) is 24.6 Å². The van der Waals surface area contributed by atoms with Gasteiger partial charge in [-0.1, -0.05) is 6.07 Å². The van der Waals surface area contributed by atoms with Crippen molar-refractivity contribution in [1.29, 1.82) is 0 Å². The molecule has 2 N–H and O–H groups in total. The van der Waals surface area contributed by atoms with Crippen molar-refractivity contribution in [2.75, 3.05) is 5.32 Å². The van der Waals surface area contributed by atoms with Crippen LogP contribution in [0.1, 0.15) is 23.2 Å². The molecule has 5 nitrogen and oxygen atoms in total. The second-order valence-electron chi connectivity index (χ2n) is 4.98. The number of halogens is 1. The van der Waals surface area contributed by atoms with E-state index < -0.39 is 0 Å². The molecule has 1 aliphatic rings. The fraction of sp³-hybridized carbons (Fsp3) is 0.267. The molecule has 6 heteroatoms. The second-order valence-corrected chi connectivity index (χ2v) is 5.79. The van der Waals surface area contributed by atoms with Gasteiger partial charge in [0.25, 0.3) is 0 Å². The molecular weight excluding hydrogens is 332 g/mol.